The molecule has 0 aromatic rings. The fourth-order valence-corrected chi connectivity index (χ4v) is 10.2. The molecule has 1 amide bonds. The average Bonchev–Trinajstić information content (AvgIpc) is 3.51. The summed E-state index contributed by atoms with van der Waals surface area (Å²) >= 11 is 0. The highest BCUT2D eigenvalue weighted by Gasteiger charge is 2.27. The molecule has 0 radical (unpaired) electrons. The van der Waals surface area contributed by atoms with Crippen LogP contribution in [0.1, 0.15) is 290 Å². The van der Waals surface area contributed by atoms with Crippen LogP contribution >= 0.6 is 7.82 Å². The van der Waals surface area contributed by atoms with Crippen LogP contribution in [-0.4, -0.2) is 69.4 Å². The molecule has 10 heteroatoms. The van der Waals surface area contributed by atoms with Crippen molar-refractivity contribution in [3.63, 3.8) is 0 Å². The number of amides is 1. The van der Waals surface area contributed by atoms with E-state index in [1.165, 1.54) is 141 Å². The topological polar surface area (TPSA) is 114 Å². The fraction of sp³-hybridized carbons (Fsp3) is 0.726. The van der Waals surface area contributed by atoms with Crippen molar-refractivity contribution in [2.45, 2.75) is 303 Å². The SMILES string of the molecule is CC/C=C\C/C=C\C/C=C\C/C=C\C/C=C\C/C=C\CCCCCCC(=O)OC(/C=C/CCCCCCCCCCC)C(COP(=O)([O-])OCC[N+](C)(C)C)NC(=O)CCCCCCCCCCCCCCC/C=C\C/C=C\CCCCC. The summed E-state index contributed by atoms with van der Waals surface area (Å²) in [6, 6.07) is -0.906. The molecule has 3 atom stereocenters. The van der Waals surface area contributed by atoms with Crippen LogP contribution in [0.5, 0.6) is 0 Å². The number of allylic oxidation sites excluding steroid dienone is 17. The number of esters is 1. The predicted molar refractivity (Wildman–Crippen MR) is 357 cm³/mol. The minimum Gasteiger partial charge on any atom is -0.756 e. The molecule has 0 bridgehead atoms. The standard InChI is InChI=1S/C73H129N2O7P/c1-7-10-13-16-19-22-25-27-29-31-33-35-37-39-41-43-45-47-50-53-56-59-62-65-72(76)74-70(69-81-83(78,79)80-68-67-75(4,5)6)71(64-61-58-55-52-49-24-21-18-15-12-9-3)82-73(77)66-63-60-57-54-51-48-46-44-42-40-38-36-34-32-30-28-26-23-20-17-14-11-8-2/h11,14,19-20,22-23,27-30,34,36,40,42,46,48,61,64,70-71H,7-10,12-13,15-18,21,24-26,31-33,35,37-39,41,43-45,47,49-60,62-63,65-69H2,1-6H3,(H-,74,76,78,79)/b14-11-,22-19-,23-20-,29-27-,30-28-,36-34-,42-40-,48-46-,64-61+. The molecule has 3 unspecified atom stereocenters. The summed E-state index contributed by atoms with van der Waals surface area (Å²) in [6.45, 7) is 6.69. The van der Waals surface area contributed by atoms with Gasteiger partial charge in [0, 0.05) is 12.8 Å². The lowest BCUT2D eigenvalue weighted by molar-refractivity contribution is -0.870. The molecule has 0 aromatic carbocycles. The molecule has 0 aromatic heterocycles. The number of phosphoric ester groups is 1. The lowest BCUT2D eigenvalue weighted by Crippen LogP contribution is -2.47. The molecule has 9 nitrogen and oxygen atoms in total. The number of nitrogens with one attached hydrogen (secondary N) is 1. The minimum absolute atomic E-state index is 0.0315. The molecule has 478 valence electrons. The third kappa shape index (κ3) is 63.0. The largest absolute Gasteiger partial charge is 0.756 e. The first-order valence-electron chi connectivity index (χ1n) is 34.2. The number of hydrogen-bond donors (Lipinski definition) is 1. The van der Waals surface area contributed by atoms with Gasteiger partial charge in [-0.05, 0) is 115 Å². The van der Waals surface area contributed by atoms with Gasteiger partial charge in [0.05, 0.1) is 33.8 Å². The Morgan fingerprint density at radius 1 is 0.434 bits per heavy atom. The number of hydrogen-bond acceptors (Lipinski definition) is 7. The number of phosphoric acid groups is 1. The van der Waals surface area contributed by atoms with Crippen LogP contribution in [0.2, 0.25) is 0 Å². The highest BCUT2D eigenvalue weighted by Crippen LogP contribution is 2.38. The zero-order chi connectivity index (χ0) is 60.7. The Bertz CT molecular complexity index is 1790. The van der Waals surface area contributed by atoms with Gasteiger partial charge >= 0.3 is 5.97 Å². The van der Waals surface area contributed by atoms with Gasteiger partial charge in [-0.15, -0.1) is 0 Å². The summed E-state index contributed by atoms with van der Waals surface area (Å²) in [5, 5.41) is 3.03. The molecular formula is C73H129N2O7P. The van der Waals surface area contributed by atoms with Gasteiger partial charge in [0.15, 0.2) is 0 Å². The number of likely N-dealkylation sites (N-methyl/N-ethyl adjacent to an activating group) is 1. The Morgan fingerprint density at radius 2 is 0.771 bits per heavy atom. The third-order valence-electron chi connectivity index (χ3n) is 14.7. The molecule has 0 saturated carbocycles. The van der Waals surface area contributed by atoms with E-state index in [1.54, 1.807) is 0 Å². The number of carbonyl (C=O) groups excluding carboxylic acids is 2. The zero-order valence-corrected chi connectivity index (χ0v) is 55.5. The van der Waals surface area contributed by atoms with Gasteiger partial charge in [0.2, 0.25) is 5.91 Å². The first-order valence-corrected chi connectivity index (χ1v) is 35.7. The number of ether oxygens (including phenoxy) is 1. The Morgan fingerprint density at radius 3 is 1.18 bits per heavy atom. The highest BCUT2D eigenvalue weighted by atomic mass is 31.2. The summed E-state index contributed by atoms with van der Waals surface area (Å²) in [7, 11) is 1.16. The number of quaternary nitrogens is 1. The van der Waals surface area contributed by atoms with Gasteiger partial charge in [-0.3, -0.25) is 14.2 Å². The summed E-state index contributed by atoms with van der Waals surface area (Å²) in [5.41, 5.74) is 0. The third-order valence-corrected chi connectivity index (χ3v) is 15.7. The van der Waals surface area contributed by atoms with E-state index in [1.807, 2.05) is 33.3 Å². The maximum absolute atomic E-state index is 13.6. The zero-order valence-electron chi connectivity index (χ0n) is 54.6. The lowest BCUT2D eigenvalue weighted by atomic mass is 10.0. The van der Waals surface area contributed by atoms with Crippen LogP contribution in [0.4, 0.5) is 0 Å². The van der Waals surface area contributed by atoms with Gasteiger partial charge in [-0.25, -0.2) is 0 Å². The average molecular weight is 1180 g/mol. The number of rotatable bonds is 61. The summed E-state index contributed by atoms with van der Waals surface area (Å²) < 4.78 is 30.4. The summed E-state index contributed by atoms with van der Waals surface area (Å²) in [5.74, 6) is -0.572. The first kappa shape index (κ1) is 79.7. The van der Waals surface area contributed by atoms with Crippen LogP contribution < -0.4 is 10.2 Å². The van der Waals surface area contributed by atoms with E-state index in [4.69, 9.17) is 13.8 Å². The van der Waals surface area contributed by atoms with Gasteiger partial charge < -0.3 is 28.5 Å². The second-order valence-electron chi connectivity index (χ2n) is 23.9. The molecule has 0 aliphatic carbocycles. The molecule has 0 aliphatic heterocycles. The molecule has 0 fully saturated rings. The predicted octanol–water partition coefficient (Wildman–Crippen LogP) is 21.0. The normalized spacial score (nSPS) is 14.3. The molecule has 0 heterocycles. The van der Waals surface area contributed by atoms with Crippen molar-refractivity contribution >= 4 is 19.7 Å². The second-order valence-corrected chi connectivity index (χ2v) is 25.4. The molecule has 0 aliphatic rings. The Balaban J connectivity index is 5.14. The Kier molecular flexibility index (Phi) is 59.3. The van der Waals surface area contributed by atoms with Gasteiger partial charge in [0.1, 0.15) is 19.3 Å². The molecular weight excluding hydrogens is 1050 g/mol. The quantitative estimate of drug-likeness (QED) is 0.0212. The van der Waals surface area contributed by atoms with Crippen LogP contribution in [0.25, 0.3) is 0 Å². The summed E-state index contributed by atoms with van der Waals surface area (Å²) in [6.07, 6.45) is 84.9. The lowest BCUT2D eigenvalue weighted by Gasteiger charge is -2.30. The van der Waals surface area contributed by atoms with Crippen molar-refractivity contribution in [2.75, 3.05) is 40.9 Å². The van der Waals surface area contributed by atoms with E-state index < -0.39 is 26.6 Å². The van der Waals surface area contributed by atoms with Gasteiger partial charge in [-0.1, -0.05) is 272 Å². The maximum atomic E-state index is 13.6. The Labute approximate surface area is 512 Å². The maximum Gasteiger partial charge on any atom is 0.306 e. The van der Waals surface area contributed by atoms with Crippen molar-refractivity contribution in [1.29, 1.82) is 0 Å². The number of carbonyl (C=O) groups is 2. The van der Waals surface area contributed by atoms with Crippen molar-refractivity contribution in [3.05, 3.63) is 109 Å². The van der Waals surface area contributed by atoms with E-state index in [9.17, 15) is 19.0 Å². The Hall–Kier alpha value is -3.33. The van der Waals surface area contributed by atoms with Crippen molar-refractivity contribution in [3.8, 4) is 0 Å². The van der Waals surface area contributed by atoms with E-state index in [0.29, 0.717) is 23.9 Å². The van der Waals surface area contributed by atoms with Crippen LogP contribution in [0, 0.1) is 0 Å². The van der Waals surface area contributed by atoms with E-state index >= 15 is 0 Å². The minimum atomic E-state index is -4.71. The first-order chi connectivity index (χ1) is 40.4. The van der Waals surface area contributed by atoms with Crippen LogP contribution in [-0.2, 0) is 27.9 Å². The van der Waals surface area contributed by atoms with Gasteiger partial charge in [0.25, 0.3) is 7.82 Å². The van der Waals surface area contributed by atoms with Gasteiger partial charge in [-0.2, -0.15) is 0 Å². The molecule has 83 heavy (non-hydrogen) atoms. The fourth-order valence-electron chi connectivity index (χ4n) is 9.44. The van der Waals surface area contributed by atoms with E-state index in [-0.39, 0.29) is 24.9 Å². The smallest absolute Gasteiger partial charge is 0.306 e. The van der Waals surface area contributed by atoms with Crippen LogP contribution in [0.15, 0.2) is 109 Å². The second kappa shape index (κ2) is 61.7. The monoisotopic (exact) mass is 1180 g/mol. The van der Waals surface area contributed by atoms with E-state index in [0.717, 1.165) is 109 Å². The molecule has 1 N–H and O–H groups in total. The van der Waals surface area contributed by atoms with Crippen molar-refractivity contribution in [2.24, 2.45) is 0 Å². The summed E-state index contributed by atoms with van der Waals surface area (Å²) in [4.78, 5) is 40.1. The van der Waals surface area contributed by atoms with Crippen LogP contribution in [0.3, 0.4) is 0 Å². The highest BCUT2D eigenvalue weighted by molar-refractivity contribution is 7.45. The van der Waals surface area contributed by atoms with E-state index in [2.05, 4.69) is 123 Å². The molecule has 0 spiro atoms. The molecule has 0 saturated heterocycles. The van der Waals surface area contributed by atoms with Crippen molar-refractivity contribution < 1.29 is 37.3 Å². The molecule has 0 rings (SSSR count). The van der Waals surface area contributed by atoms with Crippen molar-refractivity contribution in [1.82, 2.24) is 5.32 Å². The number of unbranched alkanes of at least 4 members (excludes halogenated alkanes) is 29. The number of nitrogens with zero attached hydrogens (tertiary/aromatic N) is 1.